The lowest BCUT2D eigenvalue weighted by atomic mass is 9.89. The van der Waals surface area contributed by atoms with E-state index in [9.17, 15) is 4.79 Å². The molecule has 2 heterocycles. The molecule has 2 rings (SSSR count). The van der Waals surface area contributed by atoms with Crippen LogP contribution in [0.3, 0.4) is 0 Å². The Hall–Kier alpha value is -1.62. The molecule has 0 saturated carbocycles. The van der Waals surface area contributed by atoms with Gasteiger partial charge < -0.3 is 15.0 Å². The van der Waals surface area contributed by atoms with Crippen molar-refractivity contribution in [3.8, 4) is 0 Å². The number of urea groups is 1. The molecular formula is C18H29N3O2. The molecule has 0 aliphatic carbocycles. The number of pyridine rings is 1. The molecule has 128 valence electrons. The molecule has 1 aliphatic heterocycles. The van der Waals surface area contributed by atoms with Gasteiger partial charge in [0.05, 0.1) is 18.8 Å². The molecule has 1 N–H and O–H groups in total. The van der Waals surface area contributed by atoms with Gasteiger partial charge in [0.25, 0.3) is 0 Å². The van der Waals surface area contributed by atoms with Gasteiger partial charge in [-0.2, -0.15) is 0 Å². The molecule has 1 saturated heterocycles. The first-order valence-corrected chi connectivity index (χ1v) is 8.52. The Balaban J connectivity index is 1.94. The molecule has 1 aromatic rings. The number of hydrogen-bond acceptors (Lipinski definition) is 3. The molecule has 5 nitrogen and oxygen atoms in total. The van der Waals surface area contributed by atoms with Gasteiger partial charge in [0.15, 0.2) is 0 Å². The number of carbonyl (C=O) groups excluding carboxylic acids is 1. The van der Waals surface area contributed by atoms with Crippen molar-refractivity contribution in [3.05, 3.63) is 30.1 Å². The highest BCUT2D eigenvalue weighted by Crippen LogP contribution is 2.24. The Labute approximate surface area is 139 Å². The van der Waals surface area contributed by atoms with Crippen molar-refractivity contribution in [1.82, 2.24) is 15.2 Å². The summed E-state index contributed by atoms with van der Waals surface area (Å²) < 4.78 is 5.80. The summed E-state index contributed by atoms with van der Waals surface area (Å²) in [7, 11) is 0. The maximum atomic E-state index is 12.5. The zero-order valence-electron chi connectivity index (χ0n) is 14.7. The van der Waals surface area contributed by atoms with E-state index in [0.717, 1.165) is 6.42 Å². The molecular weight excluding hydrogens is 290 g/mol. The van der Waals surface area contributed by atoms with Crippen molar-refractivity contribution in [1.29, 1.82) is 0 Å². The maximum Gasteiger partial charge on any atom is 0.317 e. The quantitative estimate of drug-likeness (QED) is 0.907. The molecule has 23 heavy (non-hydrogen) atoms. The largest absolute Gasteiger partial charge is 0.372 e. The highest BCUT2D eigenvalue weighted by atomic mass is 16.5. The fourth-order valence-corrected chi connectivity index (χ4v) is 2.96. The van der Waals surface area contributed by atoms with E-state index in [2.05, 4.69) is 44.1 Å². The molecule has 1 fully saturated rings. The first-order valence-electron chi connectivity index (χ1n) is 8.52. The SMILES string of the molecule is CC[C@]1(C)CN(C(=O)NC[C@@H](c2cccnc2)C(C)C)CCO1. The number of nitrogens with one attached hydrogen (secondary N) is 1. The van der Waals surface area contributed by atoms with Gasteiger partial charge in [-0.05, 0) is 30.9 Å². The monoisotopic (exact) mass is 319 g/mol. The number of rotatable bonds is 5. The summed E-state index contributed by atoms with van der Waals surface area (Å²) in [5, 5.41) is 3.10. The fraction of sp³-hybridized carbons (Fsp3) is 0.667. The van der Waals surface area contributed by atoms with Crippen LogP contribution in [0.2, 0.25) is 0 Å². The van der Waals surface area contributed by atoms with Crippen LogP contribution >= 0.6 is 0 Å². The van der Waals surface area contributed by atoms with Gasteiger partial charge in [-0.15, -0.1) is 0 Å². The smallest absolute Gasteiger partial charge is 0.317 e. The molecule has 1 aliphatic rings. The third kappa shape index (κ3) is 4.67. The molecule has 0 unspecified atom stereocenters. The first-order chi connectivity index (χ1) is 10.9. The van der Waals surface area contributed by atoms with Gasteiger partial charge in [-0.25, -0.2) is 4.79 Å². The highest BCUT2D eigenvalue weighted by Gasteiger charge is 2.32. The predicted octanol–water partition coefficient (Wildman–Crippen LogP) is 3.03. The minimum atomic E-state index is -0.226. The summed E-state index contributed by atoms with van der Waals surface area (Å²) in [5.41, 5.74) is 0.944. The van der Waals surface area contributed by atoms with E-state index in [-0.39, 0.29) is 17.6 Å². The first kappa shape index (κ1) is 17.7. The van der Waals surface area contributed by atoms with E-state index in [1.165, 1.54) is 5.56 Å². The lowest BCUT2D eigenvalue weighted by molar-refractivity contribution is -0.0872. The van der Waals surface area contributed by atoms with Crippen LogP contribution in [0.5, 0.6) is 0 Å². The van der Waals surface area contributed by atoms with Gasteiger partial charge in [0.2, 0.25) is 0 Å². The summed E-state index contributed by atoms with van der Waals surface area (Å²) in [5.74, 6) is 0.705. The number of aromatic nitrogens is 1. The van der Waals surface area contributed by atoms with E-state index in [4.69, 9.17) is 4.74 Å². The molecule has 1 aromatic heterocycles. The van der Waals surface area contributed by atoms with Crippen molar-refractivity contribution in [2.24, 2.45) is 5.92 Å². The summed E-state index contributed by atoms with van der Waals surface area (Å²) in [6.45, 7) is 11.0. The van der Waals surface area contributed by atoms with Gasteiger partial charge in [0.1, 0.15) is 0 Å². The van der Waals surface area contributed by atoms with Gasteiger partial charge in [-0.3, -0.25) is 4.98 Å². The van der Waals surface area contributed by atoms with Crippen molar-refractivity contribution in [3.63, 3.8) is 0 Å². The van der Waals surface area contributed by atoms with E-state index >= 15 is 0 Å². The lowest BCUT2D eigenvalue weighted by Gasteiger charge is -2.40. The van der Waals surface area contributed by atoms with Crippen LogP contribution in [-0.2, 0) is 4.74 Å². The second-order valence-electron chi connectivity index (χ2n) is 6.90. The van der Waals surface area contributed by atoms with Crippen LogP contribution in [0.4, 0.5) is 4.79 Å². The predicted molar refractivity (Wildman–Crippen MR) is 91.4 cm³/mol. The van der Waals surface area contributed by atoms with E-state index in [1.54, 1.807) is 6.20 Å². The van der Waals surface area contributed by atoms with Crippen LogP contribution in [-0.4, -0.2) is 47.8 Å². The Morgan fingerprint density at radius 3 is 2.91 bits per heavy atom. The summed E-state index contributed by atoms with van der Waals surface area (Å²) >= 11 is 0. The van der Waals surface area contributed by atoms with Gasteiger partial charge >= 0.3 is 6.03 Å². The highest BCUT2D eigenvalue weighted by molar-refractivity contribution is 5.74. The second-order valence-corrected chi connectivity index (χ2v) is 6.90. The topological polar surface area (TPSA) is 54.5 Å². The third-order valence-corrected chi connectivity index (χ3v) is 4.76. The average Bonchev–Trinajstić information content (AvgIpc) is 2.55. The molecule has 2 amide bonds. The van der Waals surface area contributed by atoms with Crippen LogP contribution in [0.1, 0.15) is 45.6 Å². The Kier molecular flexibility index (Phi) is 5.99. The summed E-state index contributed by atoms with van der Waals surface area (Å²) in [6.07, 6.45) is 4.57. The summed E-state index contributed by atoms with van der Waals surface area (Å²) in [4.78, 5) is 18.6. The molecule has 0 bridgehead atoms. The minimum absolute atomic E-state index is 0.00233. The number of hydrogen-bond donors (Lipinski definition) is 1. The van der Waals surface area contributed by atoms with Crippen LogP contribution < -0.4 is 5.32 Å². The number of amides is 2. The molecule has 5 heteroatoms. The lowest BCUT2D eigenvalue weighted by Crippen LogP contribution is -2.54. The van der Waals surface area contributed by atoms with Crippen LogP contribution in [0, 0.1) is 5.92 Å². The Morgan fingerprint density at radius 1 is 1.52 bits per heavy atom. The van der Waals surface area contributed by atoms with Crippen LogP contribution in [0.15, 0.2) is 24.5 Å². The van der Waals surface area contributed by atoms with Gasteiger partial charge in [0, 0.05) is 31.4 Å². The minimum Gasteiger partial charge on any atom is -0.372 e. The van der Waals surface area contributed by atoms with Crippen molar-refractivity contribution in [2.45, 2.75) is 45.6 Å². The second kappa shape index (κ2) is 7.77. The number of morpholine rings is 1. The van der Waals surface area contributed by atoms with Crippen molar-refractivity contribution < 1.29 is 9.53 Å². The Bertz CT molecular complexity index is 506. The van der Waals surface area contributed by atoms with Crippen molar-refractivity contribution in [2.75, 3.05) is 26.2 Å². The third-order valence-electron chi connectivity index (χ3n) is 4.76. The normalized spacial score (nSPS) is 22.9. The van der Waals surface area contributed by atoms with E-state index < -0.39 is 0 Å². The molecule has 2 atom stereocenters. The fourth-order valence-electron chi connectivity index (χ4n) is 2.96. The van der Waals surface area contributed by atoms with Crippen molar-refractivity contribution >= 4 is 6.03 Å². The maximum absolute atomic E-state index is 12.5. The average molecular weight is 319 g/mol. The van der Waals surface area contributed by atoms with Gasteiger partial charge in [-0.1, -0.05) is 26.8 Å². The zero-order valence-corrected chi connectivity index (χ0v) is 14.7. The standard InChI is InChI=1S/C18H29N3O2/c1-5-18(4)13-21(9-10-23-18)17(22)20-12-16(14(2)3)15-7-6-8-19-11-15/h6-8,11,14,16H,5,9-10,12-13H2,1-4H3,(H,20,22)/t16-,18-/m1/s1. The Morgan fingerprint density at radius 2 is 2.30 bits per heavy atom. The number of carbonyl (C=O) groups is 1. The molecule has 0 radical (unpaired) electrons. The van der Waals surface area contributed by atoms with E-state index in [1.807, 2.05) is 17.2 Å². The summed E-state index contributed by atoms with van der Waals surface area (Å²) in [6, 6.07) is 4.02. The molecule has 0 spiro atoms. The van der Waals surface area contributed by atoms with Crippen LogP contribution in [0.25, 0.3) is 0 Å². The number of nitrogens with zero attached hydrogens (tertiary/aromatic N) is 2. The molecule has 0 aromatic carbocycles. The number of ether oxygens (including phenoxy) is 1. The van der Waals surface area contributed by atoms with E-state index in [0.29, 0.717) is 32.2 Å². The zero-order chi connectivity index (χ0) is 16.9.